The standard InChI is InChI=1S/C19H21N5OS.2ClH/c1-13-2-4-14(5-3-13)16(20)19(25)24-9-7-23(8-10-24)18-17-15(6-11-26-17)21-12-22-18;;/h2-6,11-12,16H,7-10,20H2,1H3;2*1H. The molecule has 0 saturated carbocycles. The number of nitrogens with two attached hydrogens (primary N) is 1. The van der Waals surface area contributed by atoms with Crippen LogP contribution in [0.2, 0.25) is 0 Å². The predicted octanol–water partition coefficient (Wildman–Crippen LogP) is 3.19. The van der Waals surface area contributed by atoms with Gasteiger partial charge in [0.05, 0.1) is 10.2 Å². The molecule has 9 heteroatoms. The zero-order chi connectivity index (χ0) is 18.1. The summed E-state index contributed by atoms with van der Waals surface area (Å²) in [5.41, 5.74) is 9.19. The number of rotatable bonds is 3. The van der Waals surface area contributed by atoms with Crippen LogP contribution in [0.15, 0.2) is 42.0 Å². The van der Waals surface area contributed by atoms with Crippen LogP contribution in [0.5, 0.6) is 0 Å². The highest BCUT2D eigenvalue weighted by Gasteiger charge is 2.27. The van der Waals surface area contributed by atoms with E-state index in [2.05, 4.69) is 14.9 Å². The summed E-state index contributed by atoms with van der Waals surface area (Å²) in [5.74, 6) is 0.942. The van der Waals surface area contributed by atoms with Gasteiger partial charge < -0.3 is 15.5 Å². The third-order valence-electron chi connectivity index (χ3n) is 4.82. The molecule has 1 fully saturated rings. The number of hydrogen-bond donors (Lipinski definition) is 1. The molecule has 0 aliphatic carbocycles. The second-order valence-electron chi connectivity index (χ2n) is 6.53. The smallest absolute Gasteiger partial charge is 0.244 e. The number of hydrogen-bond acceptors (Lipinski definition) is 6. The topological polar surface area (TPSA) is 75.4 Å². The fourth-order valence-electron chi connectivity index (χ4n) is 3.25. The fourth-order valence-corrected chi connectivity index (χ4v) is 4.11. The Morgan fingerprint density at radius 3 is 2.43 bits per heavy atom. The minimum Gasteiger partial charge on any atom is -0.352 e. The van der Waals surface area contributed by atoms with Gasteiger partial charge in [-0.05, 0) is 23.9 Å². The summed E-state index contributed by atoms with van der Waals surface area (Å²) in [7, 11) is 0. The van der Waals surface area contributed by atoms with Gasteiger partial charge in [0.1, 0.15) is 18.2 Å². The highest BCUT2D eigenvalue weighted by atomic mass is 35.5. The lowest BCUT2D eigenvalue weighted by molar-refractivity contribution is -0.133. The maximum atomic E-state index is 12.8. The monoisotopic (exact) mass is 439 g/mol. The first-order valence-corrected chi connectivity index (χ1v) is 9.55. The summed E-state index contributed by atoms with van der Waals surface area (Å²) in [6, 6.07) is 9.24. The molecular weight excluding hydrogens is 417 g/mol. The highest BCUT2D eigenvalue weighted by Crippen LogP contribution is 2.28. The third kappa shape index (κ3) is 4.38. The Hall–Kier alpha value is -1.93. The van der Waals surface area contributed by atoms with Crippen LogP contribution in [0.3, 0.4) is 0 Å². The van der Waals surface area contributed by atoms with Crippen molar-refractivity contribution in [2.45, 2.75) is 13.0 Å². The molecule has 2 N–H and O–H groups in total. The molecule has 1 aromatic carbocycles. The third-order valence-corrected chi connectivity index (χ3v) is 5.72. The Bertz CT molecular complexity index is 925. The van der Waals surface area contributed by atoms with Crippen molar-refractivity contribution < 1.29 is 4.79 Å². The van der Waals surface area contributed by atoms with Crippen molar-refractivity contribution in [2.75, 3.05) is 31.1 Å². The van der Waals surface area contributed by atoms with Gasteiger partial charge in [0.25, 0.3) is 0 Å². The van der Waals surface area contributed by atoms with E-state index in [0.717, 1.165) is 40.3 Å². The molecular formula is C19H23Cl2N5OS. The Kier molecular flexibility index (Phi) is 7.60. The van der Waals surface area contributed by atoms with E-state index in [4.69, 9.17) is 5.73 Å². The molecule has 0 bridgehead atoms. The van der Waals surface area contributed by atoms with E-state index in [1.54, 1.807) is 17.7 Å². The van der Waals surface area contributed by atoms with Crippen LogP contribution in [0.4, 0.5) is 5.82 Å². The van der Waals surface area contributed by atoms with Gasteiger partial charge in [-0.15, -0.1) is 36.2 Å². The van der Waals surface area contributed by atoms with Crippen LogP contribution in [0, 0.1) is 6.92 Å². The summed E-state index contributed by atoms with van der Waals surface area (Å²) >= 11 is 1.65. The van der Waals surface area contributed by atoms with Crippen molar-refractivity contribution in [3.05, 3.63) is 53.2 Å². The van der Waals surface area contributed by atoms with Gasteiger partial charge in [-0.2, -0.15) is 0 Å². The highest BCUT2D eigenvalue weighted by molar-refractivity contribution is 7.17. The SMILES string of the molecule is Cc1ccc(C(N)C(=O)N2CCN(c3ncnc4ccsc34)CC2)cc1.Cl.Cl. The van der Waals surface area contributed by atoms with Crippen molar-refractivity contribution in [3.8, 4) is 0 Å². The van der Waals surface area contributed by atoms with Crippen molar-refractivity contribution in [2.24, 2.45) is 5.73 Å². The van der Waals surface area contributed by atoms with Crippen molar-refractivity contribution in [1.82, 2.24) is 14.9 Å². The normalized spacial score (nSPS) is 14.9. The van der Waals surface area contributed by atoms with Gasteiger partial charge in [-0.25, -0.2) is 9.97 Å². The molecule has 1 aliphatic heterocycles. The van der Waals surface area contributed by atoms with E-state index >= 15 is 0 Å². The molecule has 3 heterocycles. The van der Waals surface area contributed by atoms with E-state index in [1.807, 2.05) is 47.5 Å². The minimum absolute atomic E-state index is 0. The van der Waals surface area contributed by atoms with E-state index < -0.39 is 6.04 Å². The number of carbonyl (C=O) groups excluding carboxylic acids is 1. The van der Waals surface area contributed by atoms with Gasteiger partial charge in [0, 0.05) is 26.2 Å². The number of fused-ring (bicyclic) bond motifs is 1. The van der Waals surface area contributed by atoms with E-state index in [1.165, 1.54) is 0 Å². The van der Waals surface area contributed by atoms with Crippen molar-refractivity contribution in [3.63, 3.8) is 0 Å². The average molecular weight is 440 g/mol. The molecule has 4 rings (SSSR count). The summed E-state index contributed by atoms with van der Waals surface area (Å²) in [5, 5.41) is 2.03. The Balaban J connectivity index is 0.00000140. The number of amides is 1. The number of thiophene rings is 1. The van der Waals surface area contributed by atoms with Gasteiger partial charge in [-0.1, -0.05) is 29.8 Å². The molecule has 3 aromatic rings. The first kappa shape index (κ1) is 22.4. The van der Waals surface area contributed by atoms with Crippen LogP contribution in [-0.2, 0) is 4.79 Å². The first-order valence-electron chi connectivity index (χ1n) is 8.67. The number of anilines is 1. The van der Waals surface area contributed by atoms with Crippen molar-refractivity contribution in [1.29, 1.82) is 0 Å². The van der Waals surface area contributed by atoms with Crippen LogP contribution < -0.4 is 10.6 Å². The fraction of sp³-hybridized carbons (Fsp3) is 0.316. The second kappa shape index (κ2) is 9.52. The number of aromatic nitrogens is 2. The zero-order valence-corrected chi connectivity index (χ0v) is 17.9. The first-order chi connectivity index (χ1) is 12.6. The number of aryl methyl sites for hydroxylation is 1. The molecule has 0 spiro atoms. The number of carbonyl (C=O) groups is 1. The second-order valence-corrected chi connectivity index (χ2v) is 7.45. The largest absolute Gasteiger partial charge is 0.352 e. The van der Waals surface area contributed by atoms with Crippen LogP contribution >= 0.6 is 36.2 Å². The van der Waals surface area contributed by atoms with Crippen LogP contribution in [-0.4, -0.2) is 47.0 Å². The summed E-state index contributed by atoms with van der Waals surface area (Å²) in [6.45, 7) is 4.81. The predicted molar refractivity (Wildman–Crippen MR) is 119 cm³/mol. The zero-order valence-electron chi connectivity index (χ0n) is 15.4. The van der Waals surface area contributed by atoms with Gasteiger partial charge in [0.15, 0.2) is 0 Å². The molecule has 28 heavy (non-hydrogen) atoms. The molecule has 1 atom stereocenters. The molecule has 1 amide bonds. The molecule has 2 aromatic heterocycles. The number of benzene rings is 1. The van der Waals surface area contributed by atoms with Crippen LogP contribution in [0.25, 0.3) is 10.2 Å². The summed E-state index contributed by atoms with van der Waals surface area (Å²) in [6.07, 6.45) is 1.61. The van der Waals surface area contributed by atoms with Crippen LogP contribution in [0.1, 0.15) is 17.2 Å². The Morgan fingerprint density at radius 2 is 1.75 bits per heavy atom. The molecule has 1 saturated heterocycles. The molecule has 1 unspecified atom stereocenters. The number of piperazine rings is 1. The van der Waals surface area contributed by atoms with Gasteiger partial charge in [-0.3, -0.25) is 4.79 Å². The maximum absolute atomic E-state index is 12.8. The quantitative estimate of drug-likeness (QED) is 0.677. The minimum atomic E-state index is -0.606. The van der Waals surface area contributed by atoms with Crippen molar-refractivity contribution >= 4 is 58.1 Å². The lowest BCUT2D eigenvalue weighted by Gasteiger charge is -2.36. The molecule has 0 radical (unpaired) electrons. The Labute approximate surface area is 180 Å². The van der Waals surface area contributed by atoms with E-state index in [9.17, 15) is 4.79 Å². The lowest BCUT2D eigenvalue weighted by atomic mass is 10.0. The number of nitrogens with zero attached hydrogens (tertiary/aromatic N) is 4. The molecule has 1 aliphatic rings. The lowest BCUT2D eigenvalue weighted by Crippen LogP contribution is -2.51. The van der Waals surface area contributed by atoms with E-state index in [-0.39, 0.29) is 30.7 Å². The van der Waals surface area contributed by atoms with E-state index in [0.29, 0.717) is 13.1 Å². The number of halogens is 2. The molecule has 6 nitrogen and oxygen atoms in total. The Morgan fingerprint density at radius 1 is 1.07 bits per heavy atom. The summed E-state index contributed by atoms with van der Waals surface area (Å²) < 4.78 is 1.10. The average Bonchev–Trinajstić information content (AvgIpc) is 3.16. The summed E-state index contributed by atoms with van der Waals surface area (Å²) in [4.78, 5) is 25.6. The van der Waals surface area contributed by atoms with Gasteiger partial charge in [0.2, 0.25) is 5.91 Å². The maximum Gasteiger partial charge on any atom is 0.244 e. The van der Waals surface area contributed by atoms with Gasteiger partial charge >= 0.3 is 0 Å². The molecule has 150 valence electrons.